The monoisotopic (exact) mass is 250 g/mol. The van der Waals surface area contributed by atoms with Crippen LogP contribution in [0.2, 0.25) is 0 Å². The summed E-state index contributed by atoms with van der Waals surface area (Å²) in [6.07, 6.45) is 5.13. The molecule has 0 aromatic heterocycles. The van der Waals surface area contributed by atoms with Crippen LogP contribution in [0.1, 0.15) is 39.5 Å². The molecule has 4 heteroatoms. The van der Waals surface area contributed by atoms with Crippen LogP contribution in [0.5, 0.6) is 0 Å². The van der Waals surface area contributed by atoms with Crippen molar-refractivity contribution in [2.45, 2.75) is 45.6 Å². The van der Waals surface area contributed by atoms with Gasteiger partial charge >= 0.3 is 0 Å². The number of piperazine rings is 1. The number of carbonyl (C=O) groups is 2. The molecule has 2 saturated carbocycles. The maximum atomic E-state index is 12.4. The van der Waals surface area contributed by atoms with E-state index in [1.165, 1.54) is 25.7 Å². The highest BCUT2D eigenvalue weighted by molar-refractivity contribution is 5.95. The van der Waals surface area contributed by atoms with Crippen molar-refractivity contribution in [3.8, 4) is 0 Å². The van der Waals surface area contributed by atoms with E-state index in [9.17, 15) is 9.59 Å². The summed E-state index contributed by atoms with van der Waals surface area (Å²) < 4.78 is 0. The van der Waals surface area contributed by atoms with Gasteiger partial charge in [-0.3, -0.25) is 9.59 Å². The normalized spacial score (nSPS) is 30.6. The predicted octanol–water partition coefficient (Wildman–Crippen LogP) is 1.16. The van der Waals surface area contributed by atoms with Crippen molar-refractivity contribution in [3.63, 3.8) is 0 Å². The number of hydrogen-bond donors (Lipinski definition) is 1. The van der Waals surface area contributed by atoms with E-state index in [4.69, 9.17) is 0 Å². The third-order valence-electron chi connectivity index (χ3n) is 4.74. The molecular formula is C14H22N2O2. The second-order valence-corrected chi connectivity index (χ2v) is 6.62. The van der Waals surface area contributed by atoms with Gasteiger partial charge in [0, 0.05) is 6.54 Å². The molecule has 0 aromatic carbocycles. The first-order valence-electron chi connectivity index (χ1n) is 7.10. The second kappa shape index (κ2) is 3.97. The highest BCUT2D eigenvalue weighted by Crippen LogP contribution is 2.61. The molecule has 2 aliphatic carbocycles. The minimum Gasteiger partial charge on any atom is -0.343 e. The van der Waals surface area contributed by atoms with Crippen molar-refractivity contribution in [1.29, 1.82) is 0 Å². The molecule has 1 atom stereocenters. The van der Waals surface area contributed by atoms with E-state index in [1.807, 2.05) is 18.7 Å². The van der Waals surface area contributed by atoms with Crippen LogP contribution >= 0.6 is 0 Å². The van der Waals surface area contributed by atoms with E-state index in [0.29, 0.717) is 5.41 Å². The number of nitrogens with one attached hydrogen (secondary N) is 1. The lowest BCUT2D eigenvalue weighted by atomic mass is 9.96. The summed E-state index contributed by atoms with van der Waals surface area (Å²) in [7, 11) is 0. The summed E-state index contributed by atoms with van der Waals surface area (Å²) in [4.78, 5) is 25.9. The van der Waals surface area contributed by atoms with Crippen LogP contribution < -0.4 is 5.32 Å². The Balaban J connectivity index is 1.70. The first-order chi connectivity index (χ1) is 8.52. The Kier molecular flexibility index (Phi) is 2.65. The van der Waals surface area contributed by atoms with Gasteiger partial charge in [-0.15, -0.1) is 0 Å². The maximum Gasteiger partial charge on any atom is 0.245 e. The molecule has 1 saturated heterocycles. The summed E-state index contributed by atoms with van der Waals surface area (Å²) in [6, 6.07) is -0.318. The minimum atomic E-state index is -0.318. The van der Waals surface area contributed by atoms with Crippen LogP contribution in [0.15, 0.2) is 0 Å². The summed E-state index contributed by atoms with van der Waals surface area (Å²) in [5.41, 5.74) is 0.384. The number of amides is 2. The fourth-order valence-corrected chi connectivity index (χ4v) is 3.25. The molecule has 1 aliphatic heterocycles. The van der Waals surface area contributed by atoms with Crippen LogP contribution in [-0.4, -0.2) is 35.8 Å². The molecule has 18 heavy (non-hydrogen) atoms. The lowest BCUT2D eigenvalue weighted by molar-refractivity contribution is -0.146. The summed E-state index contributed by atoms with van der Waals surface area (Å²) >= 11 is 0. The van der Waals surface area contributed by atoms with Gasteiger partial charge in [-0.25, -0.2) is 0 Å². The molecular weight excluding hydrogens is 228 g/mol. The standard InChI is InChI=1S/C14H22N2O2/c1-9(2)12-13(18)16(7-11(17)15-12)8-14(5-6-14)10-3-4-10/h9-10,12H,3-8H2,1-2H3,(H,15,17). The van der Waals surface area contributed by atoms with E-state index < -0.39 is 0 Å². The summed E-state index contributed by atoms with van der Waals surface area (Å²) in [6.45, 7) is 5.05. The topological polar surface area (TPSA) is 49.4 Å². The molecule has 0 aromatic rings. The SMILES string of the molecule is CC(C)C1NC(=O)CN(CC2(C3CC3)CC2)C1=O. The zero-order chi connectivity index (χ0) is 12.9. The molecule has 3 aliphatic rings. The molecule has 0 spiro atoms. The molecule has 4 nitrogen and oxygen atoms in total. The van der Waals surface area contributed by atoms with Gasteiger partial charge in [0.25, 0.3) is 0 Å². The highest BCUT2D eigenvalue weighted by Gasteiger charge is 2.55. The van der Waals surface area contributed by atoms with Crippen LogP contribution in [0.3, 0.4) is 0 Å². The number of carbonyl (C=O) groups excluding carboxylic acids is 2. The van der Waals surface area contributed by atoms with Gasteiger partial charge < -0.3 is 10.2 Å². The zero-order valence-electron chi connectivity index (χ0n) is 11.2. The molecule has 1 unspecified atom stereocenters. The van der Waals surface area contributed by atoms with Gasteiger partial charge in [-0.1, -0.05) is 13.8 Å². The fourth-order valence-electron chi connectivity index (χ4n) is 3.25. The van der Waals surface area contributed by atoms with Gasteiger partial charge in [0.05, 0.1) is 6.54 Å². The van der Waals surface area contributed by atoms with Crippen LogP contribution in [0, 0.1) is 17.3 Å². The molecule has 2 amide bonds. The van der Waals surface area contributed by atoms with E-state index in [2.05, 4.69) is 5.32 Å². The van der Waals surface area contributed by atoms with Crippen molar-refractivity contribution in [1.82, 2.24) is 10.2 Å². The molecule has 3 fully saturated rings. The predicted molar refractivity (Wildman–Crippen MR) is 67.7 cm³/mol. The first kappa shape index (κ1) is 12.0. The Bertz CT molecular complexity index is 383. The average molecular weight is 250 g/mol. The average Bonchev–Trinajstić information content (AvgIpc) is 3.12. The van der Waals surface area contributed by atoms with Gasteiger partial charge in [-0.2, -0.15) is 0 Å². The van der Waals surface area contributed by atoms with Gasteiger partial charge in [0.2, 0.25) is 11.8 Å². The van der Waals surface area contributed by atoms with Crippen molar-refractivity contribution in [2.75, 3.05) is 13.1 Å². The van der Waals surface area contributed by atoms with E-state index >= 15 is 0 Å². The molecule has 0 radical (unpaired) electrons. The van der Waals surface area contributed by atoms with Crippen LogP contribution in [-0.2, 0) is 9.59 Å². The molecule has 0 bridgehead atoms. The van der Waals surface area contributed by atoms with Gasteiger partial charge in [0.1, 0.15) is 6.04 Å². The quantitative estimate of drug-likeness (QED) is 0.814. The second-order valence-electron chi connectivity index (χ2n) is 6.62. The Hall–Kier alpha value is -1.06. The Morgan fingerprint density at radius 2 is 2.00 bits per heavy atom. The third kappa shape index (κ3) is 2.02. The Morgan fingerprint density at radius 1 is 1.33 bits per heavy atom. The molecule has 100 valence electrons. The largest absolute Gasteiger partial charge is 0.343 e. The van der Waals surface area contributed by atoms with Crippen LogP contribution in [0.25, 0.3) is 0 Å². The van der Waals surface area contributed by atoms with E-state index in [1.54, 1.807) is 0 Å². The third-order valence-corrected chi connectivity index (χ3v) is 4.74. The van der Waals surface area contributed by atoms with Crippen LogP contribution in [0.4, 0.5) is 0 Å². The summed E-state index contributed by atoms with van der Waals surface area (Å²) in [5.74, 6) is 1.12. The lowest BCUT2D eigenvalue weighted by Crippen LogP contribution is -2.60. The zero-order valence-corrected chi connectivity index (χ0v) is 11.2. The van der Waals surface area contributed by atoms with Crippen molar-refractivity contribution >= 4 is 11.8 Å². The fraction of sp³-hybridized carbons (Fsp3) is 0.857. The number of rotatable bonds is 4. The lowest BCUT2D eigenvalue weighted by Gasteiger charge is -2.36. The van der Waals surface area contributed by atoms with Crippen molar-refractivity contribution in [3.05, 3.63) is 0 Å². The Labute approximate surface area is 108 Å². The smallest absolute Gasteiger partial charge is 0.245 e. The van der Waals surface area contributed by atoms with E-state index in [-0.39, 0.29) is 30.3 Å². The number of hydrogen-bond acceptors (Lipinski definition) is 2. The summed E-state index contributed by atoms with van der Waals surface area (Å²) in [5, 5.41) is 2.82. The van der Waals surface area contributed by atoms with Crippen molar-refractivity contribution in [2.24, 2.45) is 17.3 Å². The van der Waals surface area contributed by atoms with Crippen molar-refractivity contribution < 1.29 is 9.59 Å². The van der Waals surface area contributed by atoms with Gasteiger partial charge in [0.15, 0.2) is 0 Å². The molecule has 3 rings (SSSR count). The van der Waals surface area contributed by atoms with E-state index in [0.717, 1.165) is 12.5 Å². The number of nitrogens with zero attached hydrogens (tertiary/aromatic N) is 1. The highest BCUT2D eigenvalue weighted by atomic mass is 16.2. The minimum absolute atomic E-state index is 0.0000954. The molecule has 1 N–H and O–H groups in total. The Morgan fingerprint density at radius 3 is 2.50 bits per heavy atom. The van der Waals surface area contributed by atoms with Gasteiger partial charge in [-0.05, 0) is 42.9 Å². The molecule has 1 heterocycles. The maximum absolute atomic E-state index is 12.4. The first-order valence-corrected chi connectivity index (χ1v) is 7.10.